The highest BCUT2D eigenvalue weighted by Gasteiger charge is 2.14. The van der Waals surface area contributed by atoms with Crippen LogP contribution in [0.4, 0.5) is 0 Å². The number of aryl methyl sites for hydroxylation is 1. The molecule has 1 atom stereocenters. The molecule has 2 aromatic carbocycles. The van der Waals surface area contributed by atoms with Crippen LogP contribution in [0.3, 0.4) is 0 Å². The molecule has 3 heteroatoms. The Kier molecular flexibility index (Phi) is 5.01. The molecule has 0 bridgehead atoms. The maximum absolute atomic E-state index is 6.03. The summed E-state index contributed by atoms with van der Waals surface area (Å²) in [6.07, 6.45) is 5.28. The van der Waals surface area contributed by atoms with Gasteiger partial charge in [0.2, 0.25) is 0 Å². The van der Waals surface area contributed by atoms with Crippen molar-refractivity contribution in [1.82, 2.24) is 4.57 Å². The van der Waals surface area contributed by atoms with Gasteiger partial charge >= 0.3 is 0 Å². The summed E-state index contributed by atoms with van der Waals surface area (Å²) in [5.41, 5.74) is 2.64. The molecule has 0 amide bonds. The molecular weight excluding hydrogens is 358 g/mol. The second-order valence-electron chi connectivity index (χ2n) is 5.37. The lowest BCUT2D eigenvalue weighted by Crippen LogP contribution is -2.06. The Balaban J connectivity index is 1.87. The quantitative estimate of drug-likeness (QED) is 0.506. The van der Waals surface area contributed by atoms with Crippen molar-refractivity contribution in [3.05, 3.63) is 93.7 Å². The van der Waals surface area contributed by atoms with Gasteiger partial charge in [0.15, 0.2) is 0 Å². The van der Waals surface area contributed by atoms with Crippen LogP contribution in [-0.2, 0) is 6.54 Å². The minimum absolute atomic E-state index is 0.368. The van der Waals surface area contributed by atoms with Crippen LogP contribution < -0.4 is 0 Å². The van der Waals surface area contributed by atoms with E-state index in [1.54, 1.807) is 0 Å². The monoisotopic (exact) mass is 373 g/mol. The standard InChI is InChI=1S/C19H17BrClN/c20-17-7-3-15(4-8-17)19(11-14-22-12-1-2-13-22)16-5-9-18(21)10-6-16/h1-10,12-13,19H,11,14H2. The first-order valence-electron chi connectivity index (χ1n) is 7.34. The molecule has 0 saturated carbocycles. The predicted octanol–water partition coefficient (Wildman–Crippen LogP) is 6.13. The molecule has 0 N–H and O–H groups in total. The topological polar surface area (TPSA) is 4.93 Å². The zero-order valence-corrected chi connectivity index (χ0v) is 14.5. The highest BCUT2D eigenvalue weighted by Crippen LogP contribution is 2.30. The highest BCUT2D eigenvalue weighted by molar-refractivity contribution is 9.10. The van der Waals surface area contributed by atoms with Gasteiger partial charge in [-0.15, -0.1) is 0 Å². The third-order valence-corrected chi connectivity index (χ3v) is 4.67. The second-order valence-corrected chi connectivity index (χ2v) is 6.72. The molecular formula is C19H17BrClN. The largest absolute Gasteiger partial charge is 0.354 e. The summed E-state index contributed by atoms with van der Waals surface area (Å²) in [5, 5.41) is 0.781. The van der Waals surface area contributed by atoms with Gasteiger partial charge in [0.25, 0.3) is 0 Å². The minimum atomic E-state index is 0.368. The van der Waals surface area contributed by atoms with E-state index in [-0.39, 0.29) is 0 Å². The number of hydrogen-bond acceptors (Lipinski definition) is 0. The number of nitrogens with zero attached hydrogens (tertiary/aromatic N) is 1. The molecule has 1 heterocycles. The Morgan fingerprint density at radius 1 is 0.864 bits per heavy atom. The van der Waals surface area contributed by atoms with E-state index in [0.717, 1.165) is 22.5 Å². The molecule has 0 fully saturated rings. The van der Waals surface area contributed by atoms with Crippen molar-refractivity contribution in [3.8, 4) is 0 Å². The van der Waals surface area contributed by atoms with E-state index in [0.29, 0.717) is 5.92 Å². The molecule has 3 rings (SSSR count). The van der Waals surface area contributed by atoms with Crippen LogP contribution in [0.2, 0.25) is 5.02 Å². The Labute approximate surface area is 144 Å². The average Bonchev–Trinajstić information content (AvgIpc) is 3.04. The van der Waals surface area contributed by atoms with Crippen LogP contribution >= 0.6 is 27.5 Å². The van der Waals surface area contributed by atoms with E-state index in [1.165, 1.54) is 11.1 Å². The van der Waals surface area contributed by atoms with Crippen LogP contribution in [0.25, 0.3) is 0 Å². The van der Waals surface area contributed by atoms with Crippen LogP contribution in [0.1, 0.15) is 23.5 Å². The van der Waals surface area contributed by atoms with Gasteiger partial charge < -0.3 is 4.57 Å². The van der Waals surface area contributed by atoms with Gasteiger partial charge in [-0.3, -0.25) is 0 Å². The summed E-state index contributed by atoms with van der Waals surface area (Å²) < 4.78 is 3.33. The van der Waals surface area contributed by atoms with Crippen LogP contribution in [0, 0.1) is 0 Å². The Morgan fingerprint density at radius 2 is 1.41 bits per heavy atom. The summed E-state index contributed by atoms with van der Waals surface area (Å²) in [7, 11) is 0. The molecule has 1 nitrogen and oxygen atoms in total. The maximum Gasteiger partial charge on any atom is 0.0406 e. The van der Waals surface area contributed by atoms with Gasteiger partial charge in [0.05, 0.1) is 0 Å². The van der Waals surface area contributed by atoms with Crippen LogP contribution in [0.5, 0.6) is 0 Å². The van der Waals surface area contributed by atoms with E-state index < -0.39 is 0 Å². The minimum Gasteiger partial charge on any atom is -0.354 e. The Bertz CT molecular complexity index is 657. The molecule has 1 aromatic heterocycles. The fourth-order valence-corrected chi connectivity index (χ4v) is 3.10. The van der Waals surface area contributed by atoms with Gasteiger partial charge in [-0.1, -0.05) is 51.8 Å². The van der Waals surface area contributed by atoms with Gasteiger partial charge in [-0.25, -0.2) is 0 Å². The first-order chi connectivity index (χ1) is 10.7. The first kappa shape index (κ1) is 15.4. The molecule has 0 spiro atoms. The van der Waals surface area contributed by atoms with Crippen molar-refractivity contribution in [2.24, 2.45) is 0 Å². The fourth-order valence-electron chi connectivity index (χ4n) is 2.71. The predicted molar refractivity (Wildman–Crippen MR) is 96.5 cm³/mol. The number of hydrogen-bond donors (Lipinski definition) is 0. The summed E-state index contributed by atoms with van der Waals surface area (Å²) in [4.78, 5) is 0. The smallest absolute Gasteiger partial charge is 0.0406 e. The Morgan fingerprint density at radius 3 is 2.00 bits per heavy atom. The highest BCUT2D eigenvalue weighted by atomic mass is 79.9. The molecule has 0 aliphatic rings. The third kappa shape index (κ3) is 3.82. The molecule has 22 heavy (non-hydrogen) atoms. The summed E-state index contributed by atoms with van der Waals surface area (Å²) in [5.74, 6) is 0.368. The third-order valence-electron chi connectivity index (χ3n) is 3.89. The maximum atomic E-state index is 6.03. The molecule has 3 aromatic rings. The lowest BCUT2D eigenvalue weighted by atomic mass is 9.88. The number of rotatable bonds is 5. The van der Waals surface area contributed by atoms with Crippen molar-refractivity contribution < 1.29 is 0 Å². The molecule has 0 aliphatic carbocycles. The zero-order chi connectivity index (χ0) is 15.4. The molecule has 0 aliphatic heterocycles. The van der Waals surface area contributed by atoms with Gasteiger partial charge in [0, 0.05) is 34.4 Å². The average molecular weight is 375 g/mol. The lowest BCUT2D eigenvalue weighted by molar-refractivity contribution is 0.598. The first-order valence-corrected chi connectivity index (χ1v) is 8.51. The molecule has 112 valence electrons. The Hall–Kier alpha value is -1.51. The van der Waals surface area contributed by atoms with Crippen LogP contribution in [0.15, 0.2) is 77.5 Å². The van der Waals surface area contributed by atoms with Crippen molar-refractivity contribution in [2.75, 3.05) is 0 Å². The van der Waals surface area contributed by atoms with Crippen molar-refractivity contribution in [2.45, 2.75) is 18.9 Å². The fraction of sp³-hybridized carbons (Fsp3) is 0.158. The molecule has 0 radical (unpaired) electrons. The summed E-state index contributed by atoms with van der Waals surface area (Å²) in [6, 6.07) is 20.9. The van der Waals surface area contributed by atoms with Crippen molar-refractivity contribution in [1.29, 1.82) is 0 Å². The van der Waals surface area contributed by atoms with Crippen molar-refractivity contribution in [3.63, 3.8) is 0 Å². The van der Waals surface area contributed by atoms with E-state index >= 15 is 0 Å². The van der Waals surface area contributed by atoms with E-state index in [1.807, 2.05) is 12.1 Å². The van der Waals surface area contributed by atoms with E-state index in [4.69, 9.17) is 11.6 Å². The van der Waals surface area contributed by atoms with E-state index in [2.05, 4.69) is 81.4 Å². The molecule has 0 saturated heterocycles. The molecule has 1 unspecified atom stereocenters. The van der Waals surface area contributed by atoms with E-state index in [9.17, 15) is 0 Å². The number of aromatic nitrogens is 1. The van der Waals surface area contributed by atoms with Crippen molar-refractivity contribution >= 4 is 27.5 Å². The second kappa shape index (κ2) is 7.17. The zero-order valence-electron chi connectivity index (χ0n) is 12.1. The number of halogens is 2. The summed E-state index contributed by atoms with van der Waals surface area (Å²) >= 11 is 9.54. The van der Waals surface area contributed by atoms with Gasteiger partial charge in [-0.05, 0) is 53.9 Å². The number of benzene rings is 2. The van der Waals surface area contributed by atoms with Gasteiger partial charge in [0.1, 0.15) is 0 Å². The lowest BCUT2D eigenvalue weighted by Gasteiger charge is -2.19. The normalized spacial score (nSPS) is 12.3. The van der Waals surface area contributed by atoms with Gasteiger partial charge in [-0.2, -0.15) is 0 Å². The van der Waals surface area contributed by atoms with Crippen LogP contribution in [-0.4, -0.2) is 4.57 Å². The summed E-state index contributed by atoms with van der Waals surface area (Å²) in [6.45, 7) is 0.996. The SMILES string of the molecule is Clc1ccc(C(CCn2cccc2)c2ccc(Br)cc2)cc1.